The van der Waals surface area contributed by atoms with Crippen LogP contribution in [0, 0.1) is 5.82 Å². The predicted octanol–water partition coefficient (Wildman–Crippen LogP) is 3.71. The molecule has 3 rings (SSSR count). The van der Waals surface area contributed by atoms with E-state index in [4.69, 9.17) is 4.74 Å². The van der Waals surface area contributed by atoms with Crippen molar-refractivity contribution in [1.29, 1.82) is 0 Å². The predicted molar refractivity (Wildman–Crippen MR) is 112 cm³/mol. The second-order valence-corrected chi connectivity index (χ2v) is 8.30. The van der Waals surface area contributed by atoms with Gasteiger partial charge in [-0.05, 0) is 61.0 Å². The third-order valence-electron chi connectivity index (χ3n) is 4.22. The van der Waals surface area contributed by atoms with Gasteiger partial charge in [0.05, 0.1) is 10.9 Å². The highest BCUT2D eigenvalue weighted by atomic mass is 32.2. The maximum Gasteiger partial charge on any atom is 0.242 e. The molecule has 0 fully saturated rings. The fourth-order valence-corrected chi connectivity index (χ4v) is 3.80. The van der Waals surface area contributed by atoms with Crippen LogP contribution in [0.1, 0.15) is 12.5 Å². The first-order valence-corrected chi connectivity index (χ1v) is 10.7. The van der Waals surface area contributed by atoms with Crippen molar-refractivity contribution in [3.63, 3.8) is 0 Å². The molecule has 30 heavy (non-hydrogen) atoms. The number of halogens is 1. The smallest absolute Gasteiger partial charge is 0.242 e. The summed E-state index contributed by atoms with van der Waals surface area (Å²) in [6.45, 7) is 1.85. The minimum absolute atomic E-state index is 0.122. The summed E-state index contributed by atoms with van der Waals surface area (Å²) in [5.74, 6) is -0.434. The lowest BCUT2D eigenvalue weighted by molar-refractivity contribution is -0.117. The highest BCUT2D eigenvalue weighted by Gasteiger charge is 2.22. The van der Waals surface area contributed by atoms with Gasteiger partial charge in [-0.25, -0.2) is 12.8 Å². The number of hydrogen-bond acceptors (Lipinski definition) is 4. The summed E-state index contributed by atoms with van der Waals surface area (Å²) < 4.78 is 45.6. The number of sulfonamides is 1. The number of anilines is 1. The Morgan fingerprint density at radius 1 is 0.967 bits per heavy atom. The maximum absolute atomic E-state index is 13.0. The van der Waals surface area contributed by atoms with Gasteiger partial charge in [0.25, 0.3) is 0 Å². The van der Waals surface area contributed by atoms with Gasteiger partial charge in [-0.3, -0.25) is 4.79 Å². The molecule has 8 heteroatoms. The second kappa shape index (κ2) is 9.51. The first-order valence-electron chi connectivity index (χ1n) is 9.19. The third-order valence-corrected chi connectivity index (χ3v) is 5.78. The monoisotopic (exact) mass is 428 g/mol. The number of carbonyl (C=O) groups excluding carboxylic acids is 1. The van der Waals surface area contributed by atoms with Gasteiger partial charge in [0, 0.05) is 5.69 Å². The van der Waals surface area contributed by atoms with Crippen molar-refractivity contribution >= 4 is 21.6 Å². The molecule has 0 saturated heterocycles. The van der Waals surface area contributed by atoms with Crippen LogP contribution in [0.5, 0.6) is 5.75 Å². The Bertz CT molecular complexity index is 1090. The summed E-state index contributed by atoms with van der Waals surface area (Å²) in [6.07, 6.45) is 0. The Balaban J connectivity index is 1.55. The molecule has 1 atom stereocenters. The number of hydrogen-bond donors (Lipinski definition) is 2. The van der Waals surface area contributed by atoms with Crippen molar-refractivity contribution in [2.45, 2.75) is 24.5 Å². The van der Waals surface area contributed by atoms with Crippen molar-refractivity contribution in [1.82, 2.24) is 4.72 Å². The van der Waals surface area contributed by atoms with E-state index in [1.54, 1.807) is 24.3 Å². The van der Waals surface area contributed by atoms with Gasteiger partial charge < -0.3 is 10.1 Å². The van der Waals surface area contributed by atoms with Crippen LogP contribution in [0.15, 0.2) is 83.8 Å². The fourth-order valence-electron chi connectivity index (χ4n) is 2.59. The molecule has 0 saturated carbocycles. The summed E-state index contributed by atoms with van der Waals surface area (Å²) in [5.41, 5.74) is 1.54. The number of carbonyl (C=O) groups is 1. The lowest BCUT2D eigenvalue weighted by atomic mass is 10.2. The zero-order valence-electron chi connectivity index (χ0n) is 16.2. The maximum atomic E-state index is 13.0. The van der Waals surface area contributed by atoms with Gasteiger partial charge >= 0.3 is 0 Å². The number of amides is 1. The molecular weight excluding hydrogens is 407 g/mol. The number of nitrogens with one attached hydrogen (secondary N) is 2. The van der Waals surface area contributed by atoms with Crippen molar-refractivity contribution in [2.24, 2.45) is 0 Å². The molecule has 3 aromatic carbocycles. The zero-order chi connectivity index (χ0) is 21.6. The van der Waals surface area contributed by atoms with Crippen LogP contribution in [0.2, 0.25) is 0 Å². The standard InChI is InChI=1S/C22H21FN2O4S/c1-16(25-30(27,28)21-13-7-18(23)8-14-21)22(26)24-19-9-11-20(12-10-19)29-15-17-5-3-2-4-6-17/h2-14,16,25H,15H2,1H3,(H,24,26)/t16-/m1/s1. The van der Waals surface area contributed by atoms with Crippen molar-refractivity contribution in [3.8, 4) is 5.75 Å². The highest BCUT2D eigenvalue weighted by Crippen LogP contribution is 2.17. The molecule has 0 aliphatic carbocycles. The van der Waals surface area contributed by atoms with Gasteiger partial charge in [-0.2, -0.15) is 4.72 Å². The van der Waals surface area contributed by atoms with E-state index in [0.717, 1.165) is 29.8 Å². The van der Waals surface area contributed by atoms with Crippen LogP contribution in [0.4, 0.5) is 10.1 Å². The van der Waals surface area contributed by atoms with Gasteiger partial charge in [0.1, 0.15) is 18.2 Å². The van der Waals surface area contributed by atoms with E-state index in [1.807, 2.05) is 30.3 Å². The lowest BCUT2D eigenvalue weighted by Gasteiger charge is -2.15. The van der Waals surface area contributed by atoms with Crippen LogP contribution in [0.3, 0.4) is 0 Å². The summed E-state index contributed by atoms with van der Waals surface area (Å²) in [6, 6.07) is 19.8. The van der Waals surface area contributed by atoms with E-state index in [1.165, 1.54) is 6.92 Å². The van der Waals surface area contributed by atoms with E-state index in [2.05, 4.69) is 10.0 Å². The topological polar surface area (TPSA) is 84.5 Å². The molecule has 0 heterocycles. The Hall–Kier alpha value is -3.23. The Kier molecular flexibility index (Phi) is 6.81. The lowest BCUT2D eigenvalue weighted by Crippen LogP contribution is -2.41. The Labute approximate surface area is 174 Å². The quantitative estimate of drug-likeness (QED) is 0.573. The molecule has 0 radical (unpaired) electrons. The minimum Gasteiger partial charge on any atom is -0.489 e. The zero-order valence-corrected chi connectivity index (χ0v) is 17.0. The van der Waals surface area contributed by atoms with Gasteiger partial charge in [-0.1, -0.05) is 30.3 Å². The van der Waals surface area contributed by atoms with E-state index < -0.39 is 27.8 Å². The molecule has 1 amide bonds. The molecule has 0 spiro atoms. The highest BCUT2D eigenvalue weighted by molar-refractivity contribution is 7.89. The normalized spacial score (nSPS) is 12.2. The van der Waals surface area contributed by atoms with Crippen molar-refractivity contribution in [2.75, 3.05) is 5.32 Å². The summed E-state index contributed by atoms with van der Waals surface area (Å²) >= 11 is 0. The molecule has 3 aromatic rings. The fraction of sp³-hybridized carbons (Fsp3) is 0.136. The molecule has 6 nitrogen and oxygen atoms in total. The van der Waals surface area contributed by atoms with Crippen LogP contribution in [-0.2, 0) is 21.4 Å². The molecule has 0 aromatic heterocycles. The van der Waals surface area contributed by atoms with E-state index in [0.29, 0.717) is 18.0 Å². The number of rotatable bonds is 8. The van der Waals surface area contributed by atoms with Crippen LogP contribution < -0.4 is 14.8 Å². The Morgan fingerprint density at radius 3 is 2.23 bits per heavy atom. The summed E-state index contributed by atoms with van der Waals surface area (Å²) in [4.78, 5) is 12.2. The summed E-state index contributed by atoms with van der Waals surface area (Å²) in [5, 5.41) is 2.64. The van der Waals surface area contributed by atoms with Crippen LogP contribution >= 0.6 is 0 Å². The number of benzene rings is 3. The molecule has 2 N–H and O–H groups in total. The molecule has 0 aliphatic heterocycles. The van der Waals surface area contributed by atoms with Crippen molar-refractivity contribution in [3.05, 3.63) is 90.2 Å². The average Bonchev–Trinajstić information content (AvgIpc) is 2.74. The van der Waals surface area contributed by atoms with Gasteiger partial charge in [-0.15, -0.1) is 0 Å². The minimum atomic E-state index is -3.95. The molecule has 156 valence electrons. The number of ether oxygens (including phenoxy) is 1. The largest absolute Gasteiger partial charge is 0.489 e. The van der Waals surface area contributed by atoms with Gasteiger partial charge in [0.2, 0.25) is 15.9 Å². The molecule has 0 unspecified atom stereocenters. The SMILES string of the molecule is C[C@@H](NS(=O)(=O)c1ccc(F)cc1)C(=O)Nc1ccc(OCc2ccccc2)cc1. The first kappa shape index (κ1) is 21.5. The molecule has 0 bridgehead atoms. The van der Waals surface area contributed by atoms with Gasteiger partial charge in [0.15, 0.2) is 0 Å². The van der Waals surface area contributed by atoms with Crippen molar-refractivity contribution < 1.29 is 22.3 Å². The second-order valence-electron chi connectivity index (χ2n) is 6.58. The third kappa shape index (κ3) is 5.88. The van der Waals surface area contributed by atoms with E-state index in [-0.39, 0.29) is 4.90 Å². The summed E-state index contributed by atoms with van der Waals surface area (Å²) in [7, 11) is -3.95. The van der Waals surface area contributed by atoms with Crippen LogP contribution in [0.25, 0.3) is 0 Å². The van der Waals surface area contributed by atoms with E-state index in [9.17, 15) is 17.6 Å². The molecule has 0 aliphatic rings. The van der Waals surface area contributed by atoms with Crippen LogP contribution in [-0.4, -0.2) is 20.4 Å². The average molecular weight is 428 g/mol. The first-order chi connectivity index (χ1) is 14.3. The van der Waals surface area contributed by atoms with E-state index >= 15 is 0 Å². The Morgan fingerprint density at radius 2 is 1.60 bits per heavy atom. The molecular formula is C22H21FN2O4S.